The van der Waals surface area contributed by atoms with E-state index in [2.05, 4.69) is 0 Å². The standard InChI is InChI=1S/C15H14F3NO3S/c1-23(21)13-6-4-11(5-7-13)14(20)19(10-15(16,17)18)9-12-3-2-8-22-12/h2-8H,9-10H2,1H3/t23-/m0/s1. The van der Waals surface area contributed by atoms with Crippen molar-refractivity contribution >= 4 is 16.7 Å². The van der Waals surface area contributed by atoms with Crippen LogP contribution in [0, 0.1) is 0 Å². The van der Waals surface area contributed by atoms with Crippen molar-refractivity contribution in [1.82, 2.24) is 4.90 Å². The van der Waals surface area contributed by atoms with Crippen LogP contribution in [0.1, 0.15) is 16.1 Å². The molecule has 0 fully saturated rings. The lowest BCUT2D eigenvalue weighted by molar-refractivity contribution is -0.142. The Bertz CT molecular complexity index is 681. The maximum Gasteiger partial charge on any atom is 0.406 e. The molecule has 0 unspecified atom stereocenters. The Hall–Kier alpha value is -2.09. The van der Waals surface area contributed by atoms with Gasteiger partial charge in [0.15, 0.2) is 0 Å². The summed E-state index contributed by atoms with van der Waals surface area (Å²) < 4.78 is 54.5. The molecule has 4 nitrogen and oxygen atoms in total. The first-order valence-electron chi connectivity index (χ1n) is 6.58. The number of benzene rings is 1. The van der Waals surface area contributed by atoms with Gasteiger partial charge in [0, 0.05) is 27.5 Å². The van der Waals surface area contributed by atoms with Crippen LogP contribution in [0.4, 0.5) is 13.2 Å². The van der Waals surface area contributed by atoms with Crippen molar-refractivity contribution in [3.05, 3.63) is 54.0 Å². The van der Waals surface area contributed by atoms with E-state index >= 15 is 0 Å². The first kappa shape index (κ1) is 17.3. The molecule has 1 aromatic heterocycles. The molecule has 1 aromatic carbocycles. The van der Waals surface area contributed by atoms with E-state index < -0.39 is 29.4 Å². The number of nitrogens with zero attached hydrogens (tertiary/aromatic N) is 1. The van der Waals surface area contributed by atoms with Gasteiger partial charge in [0.1, 0.15) is 12.3 Å². The molecule has 23 heavy (non-hydrogen) atoms. The summed E-state index contributed by atoms with van der Waals surface area (Å²) >= 11 is 0. The largest absolute Gasteiger partial charge is 0.467 e. The smallest absolute Gasteiger partial charge is 0.406 e. The summed E-state index contributed by atoms with van der Waals surface area (Å²) in [5, 5.41) is 0. The lowest BCUT2D eigenvalue weighted by atomic mass is 10.2. The summed E-state index contributed by atoms with van der Waals surface area (Å²) in [6.45, 7) is -1.67. The Morgan fingerprint density at radius 3 is 2.35 bits per heavy atom. The molecule has 1 amide bonds. The van der Waals surface area contributed by atoms with Crippen LogP contribution in [0.15, 0.2) is 52.0 Å². The summed E-state index contributed by atoms with van der Waals surface area (Å²) in [6, 6.07) is 8.69. The summed E-state index contributed by atoms with van der Waals surface area (Å²) in [4.78, 5) is 13.5. The molecule has 0 N–H and O–H groups in total. The minimum atomic E-state index is -4.52. The third-order valence-electron chi connectivity index (χ3n) is 3.02. The molecule has 0 radical (unpaired) electrons. The SMILES string of the molecule is C[S@](=O)c1ccc(C(=O)N(Cc2ccco2)CC(F)(F)F)cc1. The van der Waals surface area contributed by atoms with Gasteiger partial charge >= 0.3 is 6.18 Å². The van der Waals surface area contributed by atoms with Crippen LogP contribution in [-0.2, 0) is 17.3 Å². The van der Waals surface area contributed by atoms with E-state index in [1.807, 2.05) is 0 Å². The molecule has 8 heteroatoms. The van der Waals surface area contributed by atoms with Gasteiger partial charge < -0.3 is 9.32 Å². The molecule has 1 heterocycles. The number of carbonyl (C=O) groups is 1. The normalized spacial score (nSPS) is 12.9. The Balaban J connectivity index is 2.22. The highest BCUT2D eigenvalue weighted by Crippen LogP contribution is 2.20. The fourth-order valence-electron chi connectivity index (χ4n) is 1.98. The predicted molar refractivity (Wildman–Crippen MR) is 78.3 cm³/mol. The zero-order valence-electron chi connectivity index (χ0n) is 12.2. The van der Waals surface area contributed by atoms with E-state index in [-0.39, 0.29) is 17.9 Å². The third-order valence-corrected chi connectivity index (χ3v) is 3.95. The van der Waals surface area contributed by atoms with Crippen molar-refractivity contribution < 1.29 is 26.6 Å². The Labute approximate surface area is 133 Å². The minimum Gasteiger partial charge on any atom is -0.467 e. The molecular formula is C15H14F3NO3S. The number of rotatable bonds is 5. The Morgan fingerprint density at radius 2 is 1.87 bits per heavy atom. The molecule has 124 valence electrons. The molecule has 2 rings (SSSR count). The average Bonchev–Trinajstić information content (AvgIpc) is 2.97. The third kappa shape index (κ3) is 4.95. The van der Waals surface area contributed by atoms with Crippen LogP contribution in [-0.4, -0.2) is 34.0 Å². The first-order chi connectivity index (χ1) is 10.8. The van der Waals surface area contributed by atoms with Crippen LogP contribution in [0.5, 0.6) is 0 Å². The van der Waals surface area contributed by atoms with Crippen LogP contribution in [0.3, 0.4) is 0 Å². The zero-order chi connectivity index (χ0) is 17.0. The summed E-state index contributed by atoms with van der Waals surface area (Å²) in [7, 11) is -1.22. The maximum atomic E-state index is 12.7. The molecule has 0 saturated heterocycles. The van der Waals surface area contributed by atoms with Crippen LogP contribution in [0.2, 0.25) is 0 Å². The molecule has 0 aliphatic rings. The summed E-state index contributed by atoms with van der Waals surface area (Å²) in [5.41, 5.74) is 0.0926. The molecule has 0 spiro atoms. The zero-order valence-corrected chi connectivity index (χ0v) is 13.0. The van der Waals surface area contributed by atoms with Crippen molar-refractivity contribution in [3.8, 4) is 0 Å². The van der Waals surface area contributed by atoms with Gasteiger partial charge in [-0.1, -0.05) is 0 Å². The molecule has 0 aliphatic heterocycles. The first-order valence-corrected chi connectivity index (χ1v) is 8.14. The summed E-state index contributed by atoms with van der Waals surface area (Å²) in [5.74, 6) is -0.513. The van der Waals surface area contributed by atoms with Gasteiger partial charge in [0.25, 0.3) is 5.91 Å². The van der Waals surface area contributed by atoms with E-state index in [1.54, 1.807) is 0 Å². The van der Waals surface area contributed by atoms with E-state index in [0.717, 1.165) is 0 Å². The van der Waals surface area contributed by atoms with Crippen molar-refractivity contribution in [1.29, 1.82) is 0 Å². The van der Waals surface area contributed by atoms with E-state index in [9.17, 15) is 22.2 Å². The fourth-order valence-corrected chi connectivity index (χ4v) is 2.50. The van der Waals surface area contributed by atoms with Gasteiger partial charge in [-0.2, -0.15) is 13.2 Å². The van der Waals surface area contributed by atoms with Crippen molar-refractivity contribution in [3.63, 3.8) is 0 Å². The van der Waals surface area contributed by atoms with Gasteiger partial charge in [-0.3, -0.25) is 9.00 Å². The lowest BCUT2D eigenvalue weighted by Crippen LogP contribution is -2.38. The van der Waals surface area contributed by atoms with E-state index in [0.29, 0.717) is 9.80 Å². The second-order valence-corrected chi connectivity index (χ2v) is 6.21. The molecule has 0 saturated carbocycles. The number of carbonyl (C=O) groups excluding carboxylic acids is 1. The van der Waals surface area contributed by atoms with Crippen molar-refractivity contribution in [2.24, 2.45) is 0 Å². The van der Waals surface area contributed by atoms with Gasteiger partial charge in [0.05, 0.1) is 12.8 Å². The van der Waals surface area contributed by atoms with Crippen LogP contribution < -0.4 is 0 Å². The minimum absolute atomic E-state index is 0.0926. The second-order valence-electron chi connectivity index (χ2n) is 4.83. The highest BCUT2D eigenvalue weighted by molar-refractivity contribution is 7.84. The number of hydrogen-bond acceptors (Lipinski definition) is 3. The molecular weight excluding hydrogens is 331 g/mol. The Kier molecular flexibility index (Phi) is 5.25. The molecule has 2 aromatic rings. The monoisotopic (exact) mass is 345 g/mol. The van der Waals surface area contributed by atoms with Gasteiger partial charge in [-0.05, 0) is 36.4 Å². The van der Waals surface area contributed by atoms with E-state index in [1.165, 1.54) is 48.9 Å². The molecule has 0 bridgehead atoms. The van der Waals surface area contributed by atoms with Crippen molar-refractivity contribution in [2.45, 2.75) is 17.6 Å². The number of hydrogen-bond donors (Lipinski definition) is 0. The van der Waals surface area contributed by atoms with Gasteiger partial charge in [-0.15, -0.1) is 0 Å². The van der Waals surface area contributed by atoms with Crippen LogP contribution in [0.25, 0.3) is 0 Å². The fraction of sp³-hybridized carbons (Fsp3) is 0.267. The lowest BCUT2D eigenvalue weighted by Gasteiger charge is -2.23. The number of furan rings is 1. The molecule has 0 aliphatic carbocycles. The summed E-state index contributed by atoms with van der Waals surface area (Å²) in [6.07, 6.45) is -1.71. The highest BCUT2D eigenvalue weighted by Gasteiger charge is 2.33. The van der Waals surface area contributed by atoms with Gasteiger partial charge in [-0.25, -0.2) is 0 Å². The number of alkyl halides is 3. The second kappa shape index (κ2) is 6.99. The maximum absolute atomic E-state index is 12.7. The topological polar surface area (TPSA) is 50.5 Å². The van der Waals surface area contributed by atoms with Crippen molar-refractivity contribution in [2.75, 3.05) is 12.8 Å². The average molecular weight is 345 g/mol. The van der Waals surface area contributed by atoms with E-state index in [4.69, 9.17) is 4.42 Å². The predicted octanol–water partition coefficient (Wildman–Crippen LogP) is 3.22. The quantitative estimate of drug-likeness (QED) is 0.836. The molecule has 1 atom stereocenters. The number of halogens is 3. The Morgan fingerprint density at radius 1 is 1.22 bits per heavy atom. The highest BCUT2D eigenvalue weighted by atomic mass is 32.2. The van der Waals surface area contributed by atoms with Crippen LogP contribution >= 0.6 is 0 Å². The number of amides is 1. The van der Waals surface area contributed by atoms with Gasteiger partial charge in [0.2, 0.25) is 0 Å².